The summed E-state index contributed by atoms with van der Waals surface area (Å²) < 4.78 is 1.31. The van der Waals surface area contributed by atoms with Crippen LogP contribution < -0.4 is 10.9 Å². The Labute approximate surface area is 130 Å². The highest BCUT2D eigenvalue weighted by molar-refractivity contribution is 5.92. The predicted octanol–water partition coefficient (Wildman–Crippen LogP) is 2.07. The Morgan fingerprint density at radius 3 is 2.45 bits per heavy atom. The molecule has 5 heteroatoms. The first-order chi connectivity index (χ1) is 10.5. The second-order valence-electron chi connectivity index (χ2n) is 5.71. The molecule has 0 bridgehead atoms. The van der Waals surface area contributed by atoms with Gasteiger partial charge in [0.15, 0.2) is 0 Å². The molecule has 5 nitrogen and oxygen atoms in total. The molecule has 0 spiro atoms. The van der Waals surface area contributed by atoms with Gasteiger partial charge in [0, 0.05) is 12.1 Å². The number of rotatable bonds is 5. The number of carbonyl (C=O) groups is 1. The summed E-state index contributed by atoms with van der Waals surface area (Å²) in [6.07, 6.45) is 0. The zero-order chi connectivity index (χ0) is 16.1. The van der Waals surface area contributed by atoms with Gasteiger partial charge in [-0.2, -0.15) is 5.10 Å². The molecule has 22 heavy (non-hydrogen) atoms. The molecule has 0 saturated heterocycles. The normalized spacial score (nSPS) is 12.2. The van der Waals surface area contributed by atoms with Gasteiger partial charge in [-0.3, -0.25) is 9.59 Å². The maximum atomic E-state index is 12.2. The topological polar surface area (TPSA) is 64.0 Å². The van der Waals surface area contributed by atoms with E-state index in [1.807, 2.05) is 51.1 Å². The Morgan fingerprint density at radius 1 is 1.14 bits per heavy atom. The molecule has 0 aliphatic carbocycles. The molecule has 0 radical (unpaired) electrons. The third kappa shape index (κ3) is 4.04. The number of hydrogen-bond acceptors (Lipinski definition) is 3. The average Bonchev–Trinajstić information content (AvgIpc) is 2.50. The standard InChI is InChI=1S/C17H21N3O2/c1-12(2)13(3)18-17(22)15-9-10-16(21)20(19-15)11-14-7-5-4-6-8-14/h4-10,12-13H,11H2,1-3H3,(H,18,22). The van der Waals surface area contributed by atoms with Crippen LogP contribution in [0.25, 0.3) is 0 Å². The van der Waals surface area contributed by atoms with Gasteiger partial charge in [0.25, 0.3) is 11.5 Å². The van der Waals surface area contributed by atoms with Crippen molar-refractivity contribution < 1.29 is 4.79 Å². The zero-order valence-electron chi connectivity index (χ0n) is 13.1. The summed E-state index contributed by atoms with van der Waals surface area (Å²) >= 11 is 0. The summed E-state index contributed by atoms with van der Waals surface area (Å²) in [4.78, 5) is 24.1. The quantitative estimate of drug-likeness (QED) is 0.919. The first kappa shape index (κ1) is 15.9. The number of nitrogens with zero attached hydrogens (tertiary/aromatic N) is 2. The van der Waals surface area contributed by atoms with Gasteiger partial charge in [0.2, 0.25) is 0 Å². The highest BCUT2D eigenvalue weighted by Crippen LogP contribution is 2.03. The lowest BCUT2D eigenvalue weighted by Crippen LogP contribution is -2.37. The van der Waals surface area contributed by atoms with Gasteiger partial charge < -0.3 is 5.32 Å². The largest absolute Gasteiger partial charge is 0.348 e. The highest BCUT2D eigenvalue weighted by Gasteiger charge is 2.14. The fourth-order valence-corrected chi connectivity index (χ4v) is 1.89. The van der Waals surface area contributed by atoms with Gasteiger partial charge in [-0.1, -0.05) is 44.2 Å². The lowest BCUT2D eigenvalue weighted by atomic mass is 10.1. The molecular formula is C17H21N3O2. The molecule has 2 rings (SSSR count). The highest BCUT2D eigenvalue weighted by atomic mass is 16.2. The van der Waals surface area contributed by atoms with Crippen LogP contribution in [-0.2, 0) is 6.54 Å². The minimum atomic E-state index is -0.261. The van der Waals surface area contributed by atoms with E-state index >= 15 is 0 Å². The molecule has 1 aromatic carbocycles. The molecule has 1 unspecified atom stereocenters. The smallest absolute Gasteiger partial charge is 0.271 e. The van der Waals surface area contributed by atoms with Gasteiger partial charge in [0.05, 0.1) is 6.54 Å². The van der Waals surface area contributed by atoms with Gasteiger partial charge in [0.1, 0.15) is 5.69 Å². The van der Waals surface area contributed by atoms with Gasteiger partial charge >= 0.3 is 0 Å². The van der Waals surface area contributed by atoms with Crippen molar-refractivity contribution in [1.82, 2.24) is 15.1 Å². The number of nitrogens with one attached hydrogen (secondary N) is 1. The molecule has 1 aromatic heterocycles. The van der Waals surface area contributed by atoms with E-state index in [0.717, 1.165) is 5.56 Å². The summed E-state index contributed by atoms with van der Waals surface area (Å²) in [7, 11) is 0. The summed E-state index contributed by atoms with van der Waals surface area (Å²) in [6, 6.07) is 12.4. The number of aromatic nitrogens is 2. The van der Waals surface area contributed by atoms with Crippen molar-refractivity contribution in [2.24, 2.45) is 5.92 Å². The second kappa shape index (κ2) is 7.02. The first-order valence-electron chi connectivity index (χ1n) is 7.40. The molecule has 1 atom stereocenters. The Morgan fingerprint density at radius 2 is 1.82 bits per heavy atom. The van der Waals surface area contributed by atoms with Crippen molar-refractivity contribution in [1.29, 1.82) is 0 Å². The SMILES string of the molecule is CC(C)C(C)NC(=O)c1ccc(=O)n(Cc2ccccc2)n1. The Hall–Kier alpha value is -2.43. The summed E-state index contributed by atoms with van der Waals surface area (Å²) in [5, 5.41) is 7.06. The van der Waals surface area contributed by atoms with E-state index in [-0.39, 0.29) is 23.2 Å². The Balaban J connectivity index is 2.20. The van der Waals surface area contributed by atoms with Crippen LogP contribution in [0.15, 0.2) is 47.3 Å². The zero-order valence-corrected chi connectivity index (χ0v) is 13.1. The number of carbonyl (C=O) groups excluding carboxylic acids is 1. The maximum Gasteiger partial charge on any atom is 0.271 e. The van der Waals surface area contributed by atoms with Crippen molar-refractivity contribution >= 4 is 5.91 Å². The molecule has 0 aliphatic heterocycles. The van der Waals surface area contributed by atoms with Crippen LogP contribution in [0.2, 0.25) is 0 Å². The first-order valence-corrected chi connectivity index (χ1v) is 7.40. The lowest BCUT2D eigenvalue weighted by molar-refractivity contribution is 0.0923. The maximum absolute atomic E-state index is 12.2. The molecule has 0 saturated carbocycles. The van der Waals surface area contributed by atoms with Crippen molar-refractivity contribution in [3.63, 3.8) is 0 Å². The van der Waals surface area contributed by atoms with E-state index < -0.39 is 0 Å². The van der Waals surface area contributed by atoms with E-state index in [1.165, 1.54) is 16.8 Å². The molecular weight excluding hydrogens is 278 g/mol. The van der Waals surface area contributed by atoms with E-state index in [2.05, 4.69) is 10.4 Å². The third-order valence-electron chi connectivity index (χ3n) is 3.63. The van der Waals surface area contributed by atoms with E-state index in [1.54, 1.807) is 0 Å². The second-order valence-corrected chi connectivity index (χ2v) is 5.71. The molecule has 1 amide bonds. The van der Waals surface area contributed by atoms with Crippen molar-refractivity contribution in [3.05, 3.63) is 64.1 Å². The summed E-state index contributed by atoms with van der Waals surface area (Å²) in [5.74, 6) is 0.0715. The van der Waals surface area contributed by atoms with Gasteiger partial charge in [-0.15, -0.1) is 0 Å². The van der Waals surface area contributed by atoms with Crippen molar-refractivity contribution in [2.45, 2.75) is 33.4 Å². The lowest BCUT2D eigenvalue weighted by Gasteiger charge is -2.17. The van der Waals surface area contributed by atoms with Crippen LogP contribution in [0.1, 0.15) is 36.8 Å². The molecule has 116 valence electrons. The van der Waals surface area contributed by atoms with E-state index in [0.29, 0.717) is 12.5 Å². The monoisotopic (exact) mass is 299 g/mol. The van der Waals surface area contributed by atoms with Crippen LogP contribution in [0.3, 0.4) is 0 Å². The van der Waals surface area contributed by atoms with Gasteiger partial charge in [-0.05, 0) is 24.5 Å². The van der Waals surface area contributed by atoms with E-state index in [4.69, 9.17) is 0 Å². The fraction of sp³-hybridized carbons (Fsp3) is 0.353. The Bertz CT molecular complexity index is 693. The molecule has 2 aromatic rings. The molecule has 0 fully saturated rings. The minimum Gasteiger partial charge on any atom is -0.348 e. The summed E-state index contributed by atoms with van der Waals surface area (Å²) in [5.41, 5.74) is 0.991. The molecule has 0 aliphatic rings. The van der Waals surface area contributed by atoms with Crippen LogP contribution in [0.4, 0.5) is 0 Å². The number of hydrogen-bond donors (Lipinski definition) is 1. The van der Waals surface area contributed by atoms with E-state index in [9.17, 15) is 9.59 Å². The van der Waals surface area contributed by atoms with Crippen LogP contribution in [0.5, 0.6) is 0 Å². The number of amides is 1. The fourth-order valence-electron chi connectivity index (χ4n) is 1.89. The average molecular weight is 299 g/mol. The van der Waals surface area contributed by atoms with Crippen LogP contribution in [0, 0.1) is 5.92 Å². The van der Waals surface area contributed by atoms with Crippen LogP contribution in [-0.4, -0.2) is 21.7 Å². The van der Waals surface area contributed by atoms with Crippen molar-refractivity contribution in [2.75, 3.05) is 0 Å². The molecule has 1 N–H and O–H groups in total. The minimum absolute atomic E-state index is 0.0452. The van der Waals surface area contributed by atoms with Crippen LogP contribution >= 0.6 is 0 Å². The van der Waals surface area contributed by atoms with Gasteiger partial charge in [-0.25, -0.2) is 4.68 Å². The van der Waals surface area contributed by atoms with Crippen molar-refractivity contribution in [3.8, 4) is 0 Å². The predicted molar refractivity (Wildman–Crippen MR) is 85.8 cm³/mol. The number of benzene rings is 1. The Kier molecular flexibility index (Phi) is 5.09. The molecule has 1 heterocycles. The third-order valence-corrected chi connectivity index (χ3v) is 3.63. The summed E-state index contributed by atoms with van der Waals surface area (Å²) in [6.45, 7) is 6.37.